The van der Waals surface area contributed by atoms with Gasteiger partial charge in [0.05, 0.1) is 30.6 Å². The second-order valence-corrected chi connectivity index (χ2v) is 19.0. The summed E-state index contributed by atoms with van der Waals surface area (Å²) >= 11 is 6.06. The number of anilines is 1. The van der Waals surface area contributed by atoms with E-state index in [9.17, 15) is 24.3 Å². The number of nitrogens with zero attached hydrogens (tertiary/aromatic N) is 3. The first-order valence-electron chi connectivity index (χ1n) is 24.0. The molecule has 5 aromatic carbocycles. The Morgan fingerprint density at radius 2 is 1.51 bits per heavy atom. The standard InChI is InChI=1S/C55H52ClN5O7/c1-67-38-17-19-46-42(30-38)36(31-61(46)54(64)32-12-15-37(56)16-13-32)29-47(62)57-20-2-3-21-58-53(63)35-14-18-39(43(28-35)55(65)66)48-44-26-33-8-4-22-59-24-6-10-40(49(33)59)51(44)68-52-41-11-7-25-60-23-5-9-34(50(41)60)27-45(48)52/h12-19,26-28,30-31H,2-11,20-25,29H2,1H3,(H2-,57,58,62,63,65,66). The topological polar surface area (TPSA) is 145 Å². The number of methoxy groups -OCH3 is 1. The van der Waals surface area contributed by atoms with Crippen molar-refractivity contribution in [1.82, 2.24) is 19.8 Å². The van der Waals surface area contributed by atoms with E-state index in [4.69, 9.17) is 21.1 Å². The van der Waals surface area contributed by atoms with Gasteiger partial charge >= 0.3 is 0 Å². The largest absolute Gasteiger partial charge is 0.545 e. The maximum atomic E-state index is 13.6. The van der Waals surface area contributed by atoms with Gasteiger partial charge < -0.3 is 34.9 Å². The van der Waals surface area contributed by atoms with Crippen LogP contribution in [0.3, 0.4) is 0 Å². The summed E-state index contributed by atoms with van der Waals surface area (Å²) in [5.41, 5.74) is 10.5. The van der Waals surface area contributed by atoms with E-state index in [1.807, 2.05) is 6.07 Å². The van der Waals surface area contributed by atoms with Gasteiger partial charge in [0.15, 0.2) is 0 Å². The average molecular weight is 931 g/mol. The molecule has 12 nitrogen and oxygen atoms in total. The van der Waals surface area contributed by atoms with Crippen LogP contribution in [-0.4, -0.2) is 74.6 Å². The highest BCUT2D eigenvalue weighted by Gasteiger charge is 2.36. The third-order valence-corrected chi connectivity index (χ3v) is 14.7. The zero-order valence-electron chi connectivity index (χ0n) is 38.1. The molecule has 5 aliphatic heterocycles. The first kappa shape index (κ1) is 43.6. The third-order valence-electron chi connectivity index (χ3n) is 14.4. The van der Waals surface area contributed by atoms with E-state index in [1.54, 1.807) is 61.8 Å². The Labute approximate surface area is 398 Å². The van der Waals surface area contributed by atoms with Gasteiger partial charge in [-0.15, -0.1) is 0 Å². The maximum absolute atomic E-state index is 13.6. The molecular weight excluding hydrogens is 878 g/mol. The van der Waals surface area contributed by atoms with Gasteiger partial charge in [-0.2, -0.15) is 0 Å². The Kier molecular flexibility index (Phi) is 11.5. The van der Waals surface area contributed by atoms with Crippen molar-refractivity contribution in [3.63, 3.8) is 0 Å². The Morgan fingerprint density at radius 3 is 2.31 bits per heavy atom. The zero-order chi connectivity index (χ0) is 46.6. The molecule has 0 fully saturated rings. The molecule has 6 heterocycles. The van der Waals surface area contributed by atoms with Crippen LogP contribution in [0.2, 0.25) is 5.02 Å². The zero-order valence-corrected chi connectivity index (χ0v) is 38.9. The maximum Gasteiger partial charge on any atom is 0.262 e. The number of carbonyl (C=O) groups excluding carboxylic acids is 4. The van der Waals surface area contributed by atoms with Crippen LogP contribution in [0.5, 0.6) is 17.2 Å². The van der Waals surface area contributed by atoms with Gasteiger partial charge in [-0.1, -0.05) is 17.7 Å². The van der Waals surface area contributed by atoms with Gasteiger partial charge in [0.2, 0.25) is 11.3 Å². The molecule has 6 aromatic rings. The second kappa shape index (κ2) is 18.0. The minimum absolute atomic E-state index is 0.0361. The number of aromatic nitrogens is 1. The van der Waals surface area contributed by atoms with Gasteiger partial charge in [0.1, 0.15) is 30.3 Å². The molecule has 346 valence electrons. The number of benzene rings is 5. The van der Waals surface area contributed by atoms with E-state index in [0.29, 0.717) is 58.9 Å². The molecule has 68 heavy (non-hydrogen) atoms. The Hall–Kier alpha value is -6.92. The van der Waals surface area contributed by atoms with Gasteiger partial charge in [0, 0.05) is 105 Å². The summed E-state index contributed by atoms with van der Waals surface area (Å²) in [6.07, 6.45) is 10.8. The Morgan fingerprint density at radius 1 is 0.779 bits per heavy atom. The number of fused-ring (bicyclic) bond motifs is 5. The predicted octanol–water partition coefficient (Wildman–Crippen LogP) is 5.66. The third kappa shape index (κ3) is 7.78. The molecule has 1 aromatic heterocycles. The van der Waals surface area contributed by atoms with Crippen molar-refractivity contribution in [1.29, 1.82) is 0 Å². The summed E-state index contributed by atoms with van der Waals surface area (Å²) in [5, 5.41) is 22.6. The molecule has 2 amide bonds. The quantitative estimate of drug-likeness (QED) is 0.118. The fraction of sp³-hybridized carbons (Fsp3) is 0.327. The molecule has 13 heteroatoms. The number of carboxylic acid groups (broad SMARTS) is 1. The first-order valence-corrected chi connectivity index (χ1v) is 24.3. The highest BCUT2D eigenvalue weighted by Crippen LogP contribution is 2.49. The molecule has 0 spiro atoms. The smallest absolute Gasteiger partial charge is 0.262 e. The van der Waals surface area contributed by atoms with Crippen LogP contribution in [0, 0.1) is 0 Å². The van der Waals surface area contributed by atoms with Crippen molar-refractivity contribution in [2.24, 2.45) is 0 Å². The van der Waals surface area contributed by atoms with E-state index >= 15 is 0 Å². The summed E-state index contributed by atoms with van der Waals surface area (Å²) in [7, 11) is 1.57. The second-order valence-electron chi connectivity index (χ2n) is 18.6. The SMILES string of the molecule is COc1ccc2c(c1)c(CC(=O)NCCCCNC(=O)c1ccc(C3=c4cc5c6c(c4Oc4c3cc3c7c4CCCN7CCC3)CCC[N+]=6CCC5)c(C(=O)[O-])c1)cn2C(=O)c1ccc(Cl)cc1. The number of unbranched alkanes of at least 4 members (excludes halogenated alkanes) is 1. The fourth-order valence-electron chi connectivity index (χ4n) is 11.3. The summed E-state index contributed by atoms with van der Waals surface area (Å²) < 4.78 is 16.6. The van der Waals surface area contributed by atoms with E-state index in [2.05, 4.69) is 32.2 Å². The minimum Gasteiger partial charge on any atom is -0.545 e. The highest BCUT2D eigenvalue weighted by molar-refractivity contribution is 6.30. The first-order chi connectivity index (χ1) is 33.1. The lowest BCUT2D eigenvalue weighted by atomic mass is 9.81. The normalized spacial score (nSPS) is 15.4. The summed E-state index contributed by atoms with van der Waals surface area (Å²) in [6.45, 7) is 4.80. The lowest BCUT2D eigenvalue weighted by Gasteiger charge is -2.39. The van der Waals surface area contributed by atoms with Crippen LogP contribution in [-0.2, 0) is 36.9 Å². The molecule has 5 aliphatic rings. The number of ether oxygens (including phenoxy) is 2. The number of hydrogen-bond acceptors (Lipinski definition) is 8. The van der Waals surface area contributed by atoms with E-state index in [-0.39, 0.29) is 29.4 Å². The van der Waals surface area contributed by atoms with Crippen LogP contribution in [0.15, 0.2) is 79.0 Å². The van der Waals surface area contributed by atoms with Crippen molar-refractivity contribution in [3.8, 4) is 17.2 Å². The molecule has 0 bridgehead atoms. The number of amides is 2. The predicted molar refractivity (Wildman–Crippen MR) is 259 cm³/mol. The van der Waals surface area contributed by atoms with Crippen LogP contribution in [0.1, 0.15) is 109 Å². The number of carboxylic acids is 1. The lowest BCUT2D eigenvalue weighted by Crippen LogP contribution is -2.45. The molecular formula is C55H52ClN5O7. The summed E-state index contributed by atoms with van der Waals surface area (Å²) in [4.78, 5) is 56.1. The van der Waals surface area contributed by atoms with Crippen LogP contribution in [0.4, 0.5) is 5.69 Å². The number of aromatic carboxylic acids is 1. The number of aryl methyl sites for hydroxylation is 2. The molecule has 0 saturated heterocycles. The average Bonchev–Trinajstić information content (AvgIpc) is 3.71. The van der Waals surface area contributed by atoms with Gasteiger partial charge in [0.25, 0.3) is 11.8 Å². The van der Waals surface area contributed by atoms with Crippen molar-refractivity contribution in [3.05, 3.63) is 150 Å². The van der Waals surface area contributed by atoms with Gasteiger partial charge in [-0.3, -0.25) is 19.0 Å². The molecule has 0 radical (unpaired) electrons. The Balaban J connectivity index is 0.808. The minimum atomic E-state index is -1.35. The van der Waals surface area contributed by atoms with Crippen molar-refractivity contribution >= 4 is 57.5 Å². The lowest BCUT2D eigenvalue weighted by molar-refractivity contribution is -0.255. The summed E-state index contributed by atoms with van der Waals surface area (Å²) in [5.74, 6) is 0.0818. The van der Waals surface area contributed by atoms with E-state index in [1.165, 1.54) is 43.9 Å². The van der Waals surface area contributed by atoms with Gasteiger partial charge in [-0.05, 0) is 135 Å². The van der Waals surface area contributed by atoms with Gasteiger partial charge in [-0.25, -0.2) is 4.58 Å². The number of halogens is 1. The molecule has 2 N–H and O–H groups in total. The highest BCUT2D eigenvalue weighted by atomic mass is 35.5. The van der Waals surface area contributed by atoms with Crippen molar-refractivity contribution in [2.45, 2.75) is 70.6 Å². The van der Waals surface area contributed by atoms with E-state index < -0.39 is 11.9 Å². The monoisotopic (exact) mass is 929 g/mol. The fourth-order valence-corrected chi connectivity index (χ4v) is 11.5. The molecule has 0 atom stereocenters. The molecule has 11 rings (SSSR count). The van der Waals surface area contributed by atoms with E-state index in [0.717, 1.165) is 111 Å². The van der Waals surface area contributed by atoms with Crippen molar-refractivity contribution in [2.75, 3.05) is 51.3 Å². The molecule has 0 unspecified atom stereocenters. The number of rotatable bonds is 12. The number of nitrogens with one attached hydrogen (secondary N) is 2. The Bertz CT molecular complexity index is 3240. The van der Waals surface area contributed by atoms with Crippen LogP contribution >= 0.6 is 11.6 Å². The number of hydrogen-bond donors (Lipinski definition) is 2. The van der Waals surface area contributed by atoms with Crippen LogP contribution in [0.25, 0.3) is 16.5 Å². The molecule has 0 aliphatic carbocycles. The van der Waals surface area contributed by atoms with Crippen LogP contribution < -0.4 is 45.3 Å². The molecule has 0 saturated carbocycles. The van der Waals surface area contributed by atoms with Crippen molar-refractivity contribution < 1.29 is 33.8 Å². The number of carbonyl (C=O) groups is 4. The summed E-state index contributed by atoms with van der Waals surface area (Å²) in [6, 6.07) is 21.5.